The highest BCUT2D eigenvalue weighted by Crippen LogP contribution is 2.19. The summed E-state index contributed by atoms with van der Waals surface area (Å²) in [4.78, 5) is 303. The van der Waals surface area contributed by atoms with Gasteiger partial charge in [0.1, 0.15) is 84.6 Å². The third kappa shape index (κ3) is 46.0. The average molecular weight is 1960 g/mol. The summed E-state index contributed by atoms with van der Waals surface area (Å²) in [5.74, 6) is -23.2. The summed E-state index contributed by atoms with van der Waals surface area (Å²) in [6.07, 6.45) is -0.401. The zero-order valence-corrected chi connectivity index (χ0v) is 79.1. The van der Waals surface area contributed by atoms with Gasteiger partial charge in [0, 0.05) is 58.4 Å². The lowest BCUT2D eigenvalue weighted by molar-refractivity contribution is -0.139. The number of H-pyrrole nitrogens is 1. The number of aliphatic hydroxyl groups is 2. The Labute approximate surface area is 801 Å². The van der Waals surface area contributed by atoms with Crippen LogP contribution in [0.4, 0.5) is 0 Å². The number of nitrogens with zero attached hydrogens (tertiary/aromatic N) is 2. The zero-order chi connectivity index (χ0) is 104. The van der Waals surface area contributed by atoms with Crippen molar-refractivity contribution in [2.45, 2.75) is 236 Å². The Kier molecular flexibility index (Phi) is 52.8. The minimum Gasteiger partial charge on any atom is -0.481 e. The number of aromatic nitrogens is 2. The number of carbonyl (C=O) groups excluding carboxylic acids is 21. The summed E-state index contributed by atoms with van der Waals surface area (Å²) in [6, 6.07) is -6.62. The molecule has 1 saturated heterocycles. The van der Waals surface area contributed by atoms with Crippen LogP contribution in [0.3, 0.4) is 0 Å². The Morgan fingerprint density at radius 1 is 0.453 bits per heavy atom. The van der Waals surface area contributed by atoms with Gasteiger partial charge in [-0.3, -0.25) is 111 Å². The maximum Gasteiger partial charge on any atom is 0.300 e. The second kappa shape index (κ2) is 62.0. The number of nitrogens with two attached hydrogens (primary N) is 5. The number of likely N-dealkylation sites (tertiary alicyclic amines) is 1. The van der Waals surface area contributed by atoms with E-state index in [0.29, 0.717) is 30.5 Å². The van der Waals surface area contributed by atoms with Gasteiger partial charge in [0.25, 0.3) is 5.97 Å². The van der Waals surface area contributed by atoms with E-state index in [4.69, 9.17) is 44.0 Å². The van der Waals surface area contributed by atoms with Gasteiger partial charge < -0.3 is 150 Å². The number of amides is 21. The predicted octanol–water partition coefficient (Wildman–Crippen LogP) is -10.3. The fourth-order valence-corrected chi connectivity index (χ4v) is 13.6. The molecule has 0 spiro atoms. The average Bonchev–Trinajstić information content (AvgIpc) is 1.81. The summed E-state index contributed by atoms with van der Waals surface area (Å²) < 4.78 is 0. The third-order valence-electron chi connectivity index (χ3n) is 21.0. The van der Waals surface area contributed by atoms with Crippen LogP contribution in [0.15, 0.2) is 73.2 Å². The summed E-state index contributed by atoms with van der Waals surface area (Å²) in [6.45, 7) is 9.38. The quantitative estimate of drug-likeness (QED) is 0.0142. The van der Waals surface area contributed by atoms with Crippen LogP contribution in [0, 0.1) is 23.2 Å². The second-order valence-electron chi connectivity index (χ2n) is 33.8. The lowest BCUT2D eigenvalue weighted by atomic mass is 10.0. The number of hydrogen-bond donors (Lipinski definition) is 28. The van der Waals surface area contributed by atoms with Crippen molar-refractivity contribution in [3.8, 4) is 0 Å². The van der Waals surface area contributed by atoms with Gasteiger partial charge in [-0.15, -0.1) is 0 Å². The number of rotatable bonds is 61. The van der Waals surface area contributed by atoms with Gasteiger partial charge in [-0.05, 0) is 87.8 Å². The number of hydrogen-bond acceptors (Lipinski definition) is 27. The first kappa shape index (κ1) is 118. The topological polar surface area (TPSA) is 839 Å². The fourth-order valence-electron chi connectivity index (χ4n) is 13.6. The number of aliphatic hydroxyl groups excluding tert-OH is 2. The molecule has 0 saturated carbocycles. The molecule has 15 unspecified atom stereocenters. The summed E-state index contributed by atoms with van der Waals surface area (Å²) >= 11 is 0. The minimum atomic E-state index is -2.09. The van der Waals surface area contributed by atoms with Crippen molar-refractivity contribution in [1.29, 1.82) is 5.41 Å². The molecule has 768 valence electrons. The van der Waals surface area contributed by atoms with E-state index in [9.17, 15) is 111 Å². The van der Waals surface area contributed by atoms with Crippen molar-refractivity contribution in [1.82, 2.24) is 111 Å². The fraction of sp³-hybridized carbons (Fsp3) is 0.563. The molecule has 21 amide bonds. The Balaban J connectivity index is 0.0000122. The number of imidazole rings is 1. The van der Waals surface area contributed by atoms with Gasteiger partial charge in [0.2, 0.25) is 124 Å². The first-order valence-electron chi connectivity index (χ1n) is 45.0. The van der Waals surface area contributed by atoms with Gasteiger partial charge in [0.15, 0.2) is 5.96 Å². The number of carboxylic acids is 1. The predicted molar refractivity (Wildman–Crippen MR) is 496 cm³/mol. The molecule has 2 heterocycles. The van der Waals surface area contributed by atoms with E-state index in [0.717, 1.165) is 13.3 Å². The largest absolute Gasteiger partial charge is 0.481 e. The lowest BCUT2D eigenvalue weighted by Gasteiger charge is -2.27. The normalized spacial score (nSPS) is 15.0. The zero-order valence-electron chi connectivity index (χ0n) is 79.1. The Hall–Kier alpha value is -14.9. The lowest BCUT2D eigenvalue weighted by Crippen LogP contribution is -2.61. The van der Waals surface area contributed by atoms with Crippen LogP contribution >= 0.6 is 0 Å². The van der Waals surface area contributed by atoms with Crippen LogP contribution < -0.4 is 124 Å². The molecule has 0 aliphatic carbocycles. The molecule has 0 radical (unpaired) electrons. The van der Waals surface area contributed by atoms with Gasteiger partial charge in [-0.1, -0.05) is 109 Å². The molecule has 1 fully saturated rings. The SMILES string of the molecule is CC(=O)O.CCC(C)CNC(=O)C1CCCN1C(=O)CNC(=O)C(Cc1ccccc1)NC(=O)C(CC(N)=O)NC(=O)C(CC(N)=O)NC(=O)C(CO)NC(=O)C(CO)NC(=O)C(Cc1c[nH]cn1)NC(=O)CNC(=O)C(CC(C)C)NC(=O)C(Cc1ccccc1)NC(=O)C(CC(N)=O)NC(=O)C(C)NC(=O)C(CC(C)C)NC(=O)C(CCCNC(=N)N)NC(=O)C(CCC(N)=O)NC(=O)CNC. The van der Waals surface area contributed by atoms with E-state index in [2.05, 4.69) is 106 Å². The molecule has 52 heteroatoms. The number of primary amides is 4. The molecule has 4 rings (SSSR count). The Bertz CT molecular complexity index is 4680. The van der Waals surface area contributed by atoms with Gasteiger partial charge in [-0.25, -0.2) is 4.98 Å². The van der Waals surface area contributed by atoms with Crippen molar-refractivity contribution < 1.29 is 121 Å². The highest BCUT2D eigenvalue weighted by molar-refractivity contribution is 6.03. The van der Waals surface area contributed by atoms with Crippen LogP contribution in [0.2, 0.25) is 0 Å². The van der Waals surface area contributed by atoms with Gasteiger partial charge in [-0.2, -0.15) is 0 Å². The van der Waals surface area contributed by atoms with Crippen LogP contribution in [0.25, 0.3) is 0 Å². The van der Waals surface area contributed by atoms with Gasteiger partial charge >= 0.3 is 0 Å². The molecule has 33 N–H and O–H groups in total. The number of carbonyl (C=O) groups is 22. The van der Waals surface area contributed by atoms with Gasteiger partial charge in [0.05, 0.1) is 64.1 Å². The monoisotopic (exact) mass is 1960 g/mol. The number of carboxylic acid groups (broad SMARTS) is 1. The van der Waals surface area contributed by atoms with E-state index in [1.54, 1.807) is 88.4 Å². The molecule has 139 heavy (non-hydrogen) atoms. The molecule has 52 nitrogen and oxygen atoms in total. The molecular weight excluding hydrogens is 1820 g/mol. The number of likely N-dealkylation sites (N-methyl/N-ethyl adjacent to an activating group) is 1. The Morgan fingerprint density at radius 3 is 1.27 bits per heavy atom. The third-order valence-corrected chi connectivity index (χ3v) is 21.0. The molecular formula is C87H135N27O25. The summed E-state index contributed by atoms with van der Waals surface area (Å²) in [7, 11) is 1.48. The second-order valence-corrected chi connectivity index (χ2v) is 33.8. The number of aliphatic carboxylic acids is 1. The van der Waals surface area contributed by atoms with Crippen molar-refractivity contribution in [3.05, 3.63) is 90.0 Å². The van der Waals surface area contributed by atoms with E-state index in [-0.39, 0.29) is 100 Å². The molecule has 1 aliphatic heterocycles. The summed E-state index contributed by atoms with van der Waals surface area (Å²) in [5, 5.41) is 79.8. The van der Waals surface area contributed by atoms with Crippen molar-refractivity contribution in [2.75, 3.05) is 59.5 Å². The van der Waals surface area contributed by atoms with E-state index in [1.807, 2.05) is 13.8 Å². The molecule has 0 bridgehead atoms. The number of nitrogens with one attached hydrogen (secondary N) is 20. The maximum absolute atomic E-state index is 14.6. The smallest absolute Gasteiger partial charge is 0.300 e. The molecule has 15 atom stereocenters. The van der Waals surface area contributed by atoms with Crippen molar-refractivity contribution in [2.24, 2.45) is 46.4 Å². The Morgan fingerprint density at radius 2 is 0.835 bits per heavy atom. The standard InChI is InChI=1S/C85H131N27O23.C2H4O2/c1-9-46(6)36-95-84(135)63-23-17-27-112(63)70(121)40-97-73(124)55(30-48-18-12-10-13-19-48)106-80(131)59(34-66(88)117)108-81(132)60(35-67(89)118)109-82(133)61(41-113)111-83(134)62(42-114)110-78(129)57(32-50-37-93-43-98-50)101-69(120)39-96-72(123)53(28-44(2)3)104-77(128)56(31-49-20-14-11-15-21-49)107-79(130)58(33-65(87)116)103-71(122)47(7)99-76(127)54(29-45(4)5)105-74(125)51(22-16-26-94-85(90)91)102-75(126)52(24-25-64(86)115)100-68(119)38-92-8;1-2(3)4/h10-15,18-21,37,43-47,51-63,92,113-114H,9,16-17,22-36,38-42H2,1-8H3,(H2,86,115)(H2,87,116)(H2,88,117)(H2,89,118)(H,93,98)(H,95,135)(H,96,123)(H,97,124)(H,99,127)(H,100,119)(H,101,120)(H,102,126)(H,103,122)(H,104,128)(H,105,125)(H,106,131)(H,107,130)(H,108,132)(H,109,133)(H,110,129)(H,111,134)(H4,90,91,94);1H3,(H,3,4). The van der Waals surface area contributed by atoms with Crippen LogP contribution in [-0.2, 0) is 125 Å². The first-order valence-corrected chi connectivity index (χ1v) is 45.0. The molecule has 1 aromatic heterocycles. The van der Waals surface area contributed by atoms with E-state index < -0.39 is 267 Å². The molecule has 1 aliphatic rings. The van der Waals surface area contributed by atoms with Crippen molar-refractivity contribution >= 4 is 136 Å². The number of aromatic amines is 1. The van der Waals surface area contributed by atoms with Crippen molar-refractivity contribution in [3.63, 3.8) is 0 Å². The highest BCUT2D eigenvalue weighted by Gasteiger charge is 2.40. The van der Waals surface area contributed by atoms with Crippen LogP contribution in [0.5, 0.6) is 0 Å². The van der Waals surface area contributed by atoms with E-state index in [1.165, 1.54) is 31.4 Å². The maximum atomic E-state index is 14.6. The number of benzene rings is 2. The molecule has 2 aromatic carbocycles. The minimum absolute atomic E-state index is 0.0546. The number of guanidine groups is 1. The first-order chi connectivity index (χ1) is 65.6. The highest BCUT2D eigenvalue weighted by atomic mass is 16.4. The molecule has 3 aromatic rings. The van der Waals surface area contributed by atoms with E-state index >= 15 is 0 Å². The summed E-state index contributed by atoms with van der Waals surface area (Å²) in [5.41, 5.74) is 28.4. The van der Waals surface area contributed by atoms with Crippen LogP contribution in [0.1, 0.15) is 149 Å². The van der Waals surface area contributed by atoms with Crippen LogP contribution in [-0.4, -0.2) is 310 Å².